The zero-order valence-electron chi connectivity index (χ0n) is 30.5. The zero-order valence-corrected chi connectivity index (χ0v) is 32.2. The van der Waals surface area contributed by atoms with Crippen LogP contribution in [0.25, 0.3) is 5.70 Å². The number of aryl methyl sites for hydroxylation is 4. The second kappa shape index (κ2) is 15.1. The molecular formula is C49H43ClCuN2-. The number of nitrogens with zero attached hydrogens (tertiary/aromatic N) is 2. The molecule has 0 fully saturated rings. The quantitative estimate of drug-likeness (QED) is 0.107. The second-order valence-electron chi connectivity index (χ2n) is 14.2. The number of allylic oxidation sites excluding steroid dienone is 3. The molecule has 0 bridgehead atoms. The van der Waals surface area contributed by atoms with Crippen molar-refractivity contribution in [1.29, 1.82) is 0 Å². The molecule has 2 aliphatic rings. The van der Waals surface area contributed by atoms with Gasteiger partial charge >= 0.3 is 327 Å². The fourth-order valence-corrected chi connectivity index (χ4v) is 9.61. The van der Waals surface area contributed by atoms with E-state index < -0.39 is 0 Å². The summed E-state index contributed by atoms with van der Waals surface area (Å²) in [6.45, 7) is 8.85. The first-order valence-electron chi connectivity index (χ1n) is 18.2. The number of hydrogen-bond acceptors (Lipinski definition) is 2. The monoisotopic (exact) mass is 757 g/mol. The SMILES string of the molecule is Cc1cc(C)c(C2=CC=CC3=CN(c4c(C(c5ccccc5)c5ccccc5)cc(C)cc4C(c4ccccc4)c4ccccc4)[CH]([Cu-][Cl])N32)c(C)c1. The first-order valence-corrected chi connectivity index (χ1v) is 20.0. The topological polar surface area (TPSA) is 6.48 Å². The maximum absolute atomic E-state index is 7.13. The van der Waals surface area contributed by atoms with Gasteiger partial charge in [0.25, 0.3) is 0 Å². The van der Waals surface area contributed by atoms with Crippen molar-refractivity contribution in [2.75, 3.05) is 4.90 Å². The van der Waals surface area contributed by atoms with Crippen molar-refractivity contribution in [1.82, 2.24) is 4.90 Å². The number of halogens is 1. The van der Waals surface area contributed by atoms with Gasteiger partial charge < -0.3 is 0 Å². The van der Waals surface area contributed by atoms with E-state index in [1.54, 1.807) is 0 Å². The van der Waals surface area contributed by atoms with Crippen LogP contribution in [0.1, 0.15) is 73.0 Å². The summed E-state index contributed by atoms with van der Waals surface area (Å²) in [5.74, 6) is -0.0534. The minimum absolute atomic E-state index is 0.0267. The zero-order chi connectivity index (χ0) is 36.5. The van der Waals surface area contributed by atoms with Gasteiger partial charge in [-0.05, 0) is 0 Å². The van der Waals surface area contributed by atoms with E-state index in [2.05, 4.69) is 208 Å². The Labute approximate surface area is 325 Å². The van der Waals surface area contributed by atoms with Crippen molar-refractivity contribution in [3.05, 3.63) is 237 Å². The summed E-state index contributed by atoms with van der Waals surface area (Å²) >= 11 is 1.48. The summed E-state index contributed by atoms with van der Waals surface area (Å²) in [4.78, 5) is 4.87. The summed E-state index contributed by atoms with van der Waals surface area (Å²) in [5.41, 5.74) is 17.2. The number of anilines is 1. The van der Waals surface area contributed by atoms with Crippen LogP contribution in [-0.4, -0.2) is 9.96 Å². The van der Waals surface area contributed by atoms with Crippen molar-refractivity contribution < 1.29 is 14.0 Å². The van der Waals surface area contributed by atoms with Gasteiger partial charge in [-0.3, -0.25) is 0 Å². The van der Waals surface area contributed by atoms with Crippen LogP contribution >= 0.6 is 10.1 Å². The van der Waals surface area contributed by atoms with Crippen LogP contribution in [0.4, 0.5) is 5.69 Å². The predicted molar refractivity (Wildman–Crippen MR) is 219 cm³/mol. The van der Waals surface area contributed by atoms with E-state index in [-0.39, 0.29) is 16.9 Å². The third-order valence-corrected chi connectivity index (χ3v) is 11.6. The normalized spacial score (nSPS) is 15.3. The molecule has 53 heavy (non-hydrogen) atoms. The van der Waals surface area contributed by atoms with E-state index in [0.29, 0.717) is 0 Å². The molecule has 0 aromatic heterocycles. The molecule has 6 aromatic rings. The van der Waals surface area contributed by atoms with Gasteiger partial charge in [-0.15, -0.1) is 0 Å². The Bertz CT molecular complexity index is 2130. The molecule has 8 rings (SSSR count). The molecule has 1 atom stereocenters. The van der Waals surface area contributed by atoms with Crippen LogP contribution in [0.2, 0.25) is 0 Å². The van der Waals surface area contributed by atoms with Gasteiger partial charge in [0.15, 0.2) is 0 Å². The molecule has 2 heterocycles. The first kappa shape index (κ1) is 35.0. The van der Waals surface area contributed by atoms with Crippen molar-refractivity contribution >= 4 is 21.5 Å². The molecular weight excluding hydrogens is 716 g/mol. The van der Waals surface area contributed by atoms with E-state index in [4.69, 9.17) is 10.1 Å². The average Bonchev–Trinajstić information content (AvgIpc) is 3.55. The molecule has 0 saturated heterocycles. The fourth-order valence-electron chi connectivity index (χ4n) is 8.45. The Balaban J connectivity index is 1.42. The van der Waals surface area contributed by atoms with E-state index in [1.165, 1.54) is 80.9 Å². The summed E-state index contributed by atoms with van der Waals surface area (Å²) in [6, 6.07) is 53.1. The van der Waals surface area contributed by atoms with Crippen LogP contribution in [0.3, 0.4) is 0 Å². The number of hydrogen-bond donors (Lipinski definition) is 0. The van der Waals surface area contributed by atoms with Crippen molar-refractivity contribution in [2.45, 2.75) is 44.6 Å². The molecule has 0 amide bonds. The molecule has 0 aliphatic carbocycles. The van der Waals surface area contributed by atoms with Crippen molar-refractivity contribution in [3.8, 4) is 0 Å². The summed E-state index contributed by atoms with van der Waals surface area (Å²) in [7, 11) is 7.13. The second-order valence-corrected chi connectivity index (χ2v) is 15.4. The third-order valence-electron chi connectivity index (χ3n) is 10.4. The molecule has 268 valence electrons. The number of fused-ring (bicyclic) bond motifs is 1. The Morgan fingerprint density at radius 3 is 1.40 bits per heavy atom. The van der Waals surface area contributed by atoms with Crippen molar-refractivity contribution in [3.63, 3.8) is 0 Å². The average molecular weight is 759 g/mol. The van der Waals surface area contributed by atoms with E-state index in [9.17, 15) is 0 Å². The Morgan fingerprint density at radius 2 is 0.981 bits per heavy atom. The summed E-state index contributed by atoms with van der Waals surface area (Å²) < 4.78 is 0. The minimum atomic E-state index is -0.258. The van der Waals surface area contributed by atoms with Gasteiger partial charge in [0.2, 0.25) is 0 Å². The van der Waals surface area contributed by atoms with E-state index in [1.807, 2.05) is 0 Å². The first-order chi connectivity index (χ1) is 25.9. The van der Waals surface area contributed by atoms with Crippen LogP contribution in [0.5, 0.6) is 0 Å². The Hall–Kier alpha value is -5.05. The van der Waals surface area contributed by atoms with Crippen LogP contribution in [0, 0.1) is 27.7 Å². The third kappa shape index (κ3) is 6.70. The molecule has 0 spiro atoms. The summed E-state index contributed by atoms with van der Waals surface area (Å²) in [5, 5.41) is -0.258. The maximum atomic E-state index is 7.13. The molecule has 0 saturated carbocycles. The van der Waals surface area contributed by atoms with Gasteiger partial charge in [-0.2, -0.15) is 0 Å². The Kier molecular flexibility index (Phi) is 9.99. The van der Waals surface area contributed by atoms with Gasteiger partial charge in [0.05, 0.1) is 0 Å². The standard InChI is InChI=1S/C49H43N2.ClH.Cu/c1-34-28-36(3)46(37(4)29-34)45-27-17-26-42-32-50(33-51(42)45)49-43(47(38-18-9-5-10-19-38)39-20-11-6-12-21-39)30-35(2)31-44(49)48(40-22-13-7-14-23-40)41-24-15-8-16-25-41;;/h5-33,47-48H,1-4H3;1H;/p-1. The van der Waals surface area contributed by atoms with Gasteiger partial charge in [0.1, 0.15) is 0 Å². The molecule has 0 radical (unpaired) electrons. The molecule has 2 nitrogen and oxygen atoms in total. The molecule has 0 N–H and O–H groups in total. The predicted octanol–water partition coefficient (Wildman–Crippen LogP) is 12.4. The Morgan fingerprint density at radius 1 is 0.566 bits per heavy atom. The number of benzene rings is 6. The van der Waals surface area contributed by atoms with Crippen LogP contribution < -0.4 is 4.90 Å². The van der Waals surface area contributed by atoms with Crippen LogP contribution in [0.15, 0.2) is 176 Å². The molecule has 1 unspecified atom stereocenters. The van der Waals surface area contributed by atoms with Crippen LogP contribution in [-0.2, 0) is 14.0 Å². The van der Waals surface area contributed by atoms with Gasteiger partial charge in [-0.25, -0.2) is 0 Å². The fraction of sp³-hybridized carbons (Fsp3) is 0.143. The van der Waals surface area contributed by atoms with E-state index in [0.717, 1.165) is 11.4 Å². The molecule has 6 aromatic carbocycles. The van der Waals surface area contributed by atoms with Gasteiger partial charge in [0, 0.05) is 0 Å². The summed E-state index contributed by atoms with van der Waals surface area (Å²) in [6.07, 6.45) is 8.96. The van der Waals surface area contributed by atoms with Gasteiger partial charge in [-0.1, -0.05) is 0 Å². The van der Waals surface area contributed by atoms with Crippen molar-refractivity contribution in [2.24, 2.45) is 0 Å². The van der Waals surface area contributed by atoms with E-state index >= 15 is 0 Å². The molecule has 2 aliphatic heterocycles. The number of rotatable bonds is 9. The molecule has 4 heteroatoms.